The Hall–Kier alpha value is -2.23. The van der Waals surface area contributed by atoms with Crippen LogP contribution in [0.2, 0.25) is 0 Å². The van der Waals surface area contributed by atoms with Crippen molar-refractivity contribution < 1.29 is 27.8 Å². The zero-order valence-electron chi connectivity index (χ0n) is 21.6. The van der Waals surface area contributed by atoms with E-state index in [1.165, 1.54) is 20.2 Å². The van der Waals surface area contributed by atoms with E-state index < -0.39 is 15.9 Å². The Morgan fingerprint density at radius 3 is 2.59 bits per heavy atom. The molecule has 0 radical (unpaired) electrons. The third-order valence-corrected chi connectivity index (χ3v) is 8.97. The molecule has 0 aromatic heterocycles. The molecule has 1 aliphatic carbocycles. The first-order valence-corrected chi connectivity index (χ1v) is 14.5. The van der Waals surface area contributed by atoms with Crippen molar-refractivity contribution in [3.8, 4) is 11.8 Å². The highest BCUT2D eigenvalue weighted by molar-refractivity contribution is 9.10. The first kappa shape index (κ1) is 29.3. The standard InChI is InChI=1S/C26H34BrN3O6S/c1-5-6-17-11-21-25(22(32)12-17)24(19(15-28)16(2)29-21)18-13-20(27)26(36-10-9-35-8-7-31)23(14-18)37(33,34)30(3)4/h13-14,17,24,29,31H,5-12H2,1-4H3. The van der Waals surface area contributed by atoms with Gasteiger partial charge in [-0.3, -0.25) is 4.79 Å². The number of dihydropyridines is 1. The molecule has 0 fully saturated rings. The number of hydrogen-bond donors (Lipinski definition) is 2. The number of Topliss-reactive ketones (excluding diaryl/α,β-unsaturated/α-hetero) is 1. The van der Waals surface area contributed by atoms with Gasteiger partial charge in [0.1, 0.15) is 11.5 Å². The zero-order chi connectivity index (χ0) is 27.3. The third-order valence-electron chi connectivity index (χ3n) is 6.56. The molecular weight excluding hydrogens is 562 g/mol. The summed E-state index contributed by atoms with van der Waals surface area (Å²) in [6.07, 6.45) is 3.03. The summed E-state index contributed by atoms with van der Waals surface area (Å²) in [6.45, 7) is 4.15. The maximum Gasteiger partial charge on any atom is 0.246 e. The van der Waals surface area contributed by atoms with Crippen LogP contribution < -0.4 is 10.1 Å². The number of ether oxygens (including phenoxy) is 2. The van der Waals surface area contributed by atoms with Crippen LogP contribution in [0.15, 0.2) is 44.0 Å². The van der Waals surface area contributed by atoms with E-state index in [1.807, 2.05) is 0 Å². The first-order chi connectivity index (χ1) is 17.6. The summed E-state index contributed by atoms with van der Waals surface area (Å²) in [5, 5.41) is 22.2. The van der Waals surface area contributed by atoms with Crippen LogP contribution in [0.25, 0.3) is 0 Å². The summed E-state index contributed by atoms with van der Waals surface area (Å²) >= 11 is 3.47. The maximum absolute atomic E-state index is 13.4. The molecule has 1 aliphatic heterocycles. The normalized spacial score (nSPS) is 20.1. The summed E-state index contributed by atoms with van der Waals surface area (Å²) in [6, 6.07) is 5.47. The minimum atomic E-state index is -3.95. The van der Waals surface area contributed by atoms with Crippen LogP contribution in [0.5, 0.6) is 5.75 Å². The van der Waals surface area contributed by atoms with Crippen molar-refractivity contribution in [1.82, 2.24) is 9.62 Å². The van der Waals surface area contributed by atoms with Crippen LogP contribution in [-0.4, -0.2) is 64.1 Å². The van der Waals surface area contributed by atoms with Gasteiger partial charge in [0.2, 0.25) is 10.0 Å². The topological polar surface area (TPSA) is 129 Å². The molecule has 1 aromatic carbocycles. The highest BCUT2D eigenvalue weighted by Gasteiger charge is 2.39. The van der Waals surface area contributed by atoms with Gasteiger partial charge >= 0.3 is 0 Å². The van der Waals surface area contributed by atoms with E-state index in [0.717, 1.165) is 22.8 Å². The molecule has 202 valence electrons. The van der Waals surface area contributed by atoms with Crippen molar-refractivity contribution in [3.63, 3.8) is 0 Å². The highest BCUT2D eigenvalue weighted by atomic mass is 79.9. The number of nitrogens with zero attached hydrogens (tertiary/aromatic N) is 2. The molecule has 1 aromatic rings. The van der Waals surface area contributed by atoms with Crippen LogP contribution in [0, 0.1) is 17.2 Å². The fourth-order valence-corrected chi connectivity index (χ4v) is 6.67. The van der Waals surface area contributed by atoms with Crippen molar-refractivity contribution in [1.29, 1.82) is 5.26 Å². The molecule has 0 saturated heterocycles. The van der Waals surface area contributed by atoms with Crippen LogP contribution in [-0.2, 0) is 19.6 Å². The van der Waals surface area contributed by atoms with Crippen LogP contribution >= 0.6 is 15.9 Å². The Kier molecular flexibility index (Phi) is 9.94. The number of allylic oxidation sites excluding steroid dienone is 4. The Balaban J connectivity index is 2.15. The predicted molar refractivity (Wildman–Crippen MR) is 142 cm³/mol. The number of halogens is 1. The SMILES string of the molecule is CCCC1CC(=O)C2=C(C1)NC(C)=C(C#N)C2c1cc(Br)c(OCCOCCO)c(S(=O)(=O)N(C)C)c1. The molecular formula is C26H34BrN3O6S. The van der Waals surface area contributed by atoms with Gasteiger partial charge in [-0.1, -0.05) is 13.3 Å². The molecule has 2 aliphatic rings. The van der Waals surface area contributed by atoms with Gasteiger partial charge in [-0.2, -0.15) is 5.26 Å². The van der Waals surface area contributed by atoms with Gasteiger partial charge in [-0.25, -0.2) is 12.7 Å². The molecule has 0 spiro atoms. The number of hydrogen-bond acceptors (Lipinski definition) is 8. The van der Waals surface area contributed by atoms with Gasteiger partial charge in [0, 0.05) is 37.5 Å². The number of nitriles is 1. The quantitative estimate of drug-likeness (QED) is 0.371. The number of benzene rings is 1. The molecule has 0 amide bonds. The number of ketones is 1. The van der Waals surface area contributed by atoms with Gasteiger partial charge in [-0.15, -0.1) is 0 Å². The number of rotatable bonds is 11. The monoisotopic (exact) mass is 595 g/mol. The highest BCUT2D eigenvalue weighted by Crippen LogP contribution is 2.46. The van der Waals surface area contributed by atoms with Crippen molar-refractivity contribution in [2.45, 2.75) is 50.3 Å². The van der Waals surface area contributed by atoms with Crippen molar-refractivity contribution in [2.24, 2.45) is 5.92 Å². The molecule has 9 nitrogen and oxygen atoms in total. The largest absolute Gasteiger partial charge is 0.489 e. The Morgan fingerprint density at radius 1 is 1.24 bits per heavy atom. The smallest absolute Gasteiger partial charge is 0.246 e. The predicted octanol–water partition coefficient (Wildman–Crippen LogP) is 3.60. The van der Waals surface area contributed by atoms with Crippen LogP contribution in [0.3, 0.4) is 0 Å². The molecule has 37 heavy (non-hydrogen) atoms. The van der Waals surface area contributed by atoms with Gasteiger partial charge in [0.25, 0.3) is 0 Å². The van der Waals surface area contributed by atoms with Gasteiger partial charge in [0.15, 0.2) is 11.5 Å². The molecule has 11 heteroatoms. The molecule has 0 saturated carbocycles. The summed E-state index contributed by atoms with van der Waals surface area (Å²) in [5.74, 6) is -0.357. The van der Waals surface area contributed by atoms with Crippen molar-refractivity contribution in [3.05, 3.63) is 44.7 Å². The van der Waals surface area contributed by atoms with Crippen molar-refractivity contribution in [2.75, 3.05) is 40.5 Å². The summed E-state index contributed by atoms with van der Waals surface area (Å²) in [7, 11) is -1.10. The van der Waals surface area contributed by atoms with E-state index in [2.05, 4.69) is 34.2 Å². The lowest BCUT2D eigenvalue weighted by Gasteiger charge is -2.35. The second-order valence-electron chi connectivity index (χ2n) is 9.39. The van der Waals surface area contributed by atoms with E-state index in [1.54, 1.807) is 13.0 Å². The molecule has 2 unspecified atom stereocenters. The summed E-state index contributed by atoms with van der Waals surface area (Å²) < 4.78 is 39.2. The lowest BCUT2D eigenvalue weighted by Crippen LogP contribution is -2.34. The fraction of sp³-hybridized carbons (Fsp3) is 0.538. The molecule has 1 heterocycles. The Morgan fingerprint density at radius 2 is 1.97 bits per heavy atom. The number of nitrogens with one attached hydrogen (secondary N) is 1. The lowest BCUT2D eigenvalue weighted by atomic mass is 9.72. The minimum absolute atomic E-state index is 0.0213. The molecule has 0 bridgehead atoms. The number of carbonyl (C=O) groups excluding carboxylic acids is 1. The van der Waals surface area contributed by atoms with Crippen LogP contribution in [0.4, 0.5) is 0 Å². The first-order valence-electron chi connectivity index (χ1n) is 12.3. The average Bonchev–Trinajstić information content (AvgIpc) is 2.83. The van der Waals surface area contributed by atoms with Gasteiger partial charge < -0.3 is 19.9 Å². The Labute approximate surface area is 227 Å². The van der Waals surface area contributed by atoms with E-state index in [0.29, 0.717) is 39.7 Å². The molecule has 3 rings (SSSR count). The maximum atomic E-state index is 13.4. The van der Waals surface area contributed by atoms with E-state index in [-0.39, 0.29) is 48.8 Å². The van der Waals surface area contributed by atoms with E-state index in [4.69, 9.17) is 14.6 Å². The van der Waals surface area contributed by atoms with E-state index in [9.17, 15) is 18.5 Å². The molecule has 2 N–H and O–H groups in total. The number of aliphatic hydroxyl groups excluding tert-OH is 1. The minimum Gasteiger partial charge on any atom is -0.489 e. The summed E-state index contributed by atoms with van der Waals surface area (Å²) in [5.41, 5.74) is 2.90. The number of sulfonamides is 1. The average molecular weight is 597 g/mol. The Bertz CT molecular complexity index is 1250. The van der Waals surface area contributed by atoms with Gasteiger partial charge in [-0.05, 0) is 59.3 Å². The third kappa shape index (κ3) is 6.26. The lowest BCUT2D eigenvalue weighted by molar-refractivity contribution is -0.117. The zero-order valence-corrected chi connectivity index (χ0v) is 24.0. The number of aliphatic hydroxyl groups is 1. The second-order valence-corrected chi connectivity index (χ2v) is 12.4. The fourth-order valence-electron chi connectivity index (χ4n) is 4.87. The van der Waals surface area contributed by atoms with Crippen molar-refractivity contribution >= 4 is 31.7 Å². The molecule has 2 atom stereocenters. The second kappa shape index (κ2) is 12.5. The van der Waals surface area contributed by atoms with Gasteiger partial charge in [0.05, 0.1) is 41.9 Å². The number of carbonyl (C=O) groups is 1. The summed E-state index contributed by atoms with van der Waals surface area (Å²) in [4.78, 5) is 13.3. The van der Waals surface area contributed by atoms with Crippen LogP contribution in [0.1, 0.15) is 51.0 Å². The van der Waals surface area contributed by atoms with E-state index >= 15 is 0 Å².